The summed E-state index contributed by atoms with van der Waals surface area (Å²) in [6, 6.07) is 3.91. The van der Waals surface area contributed by atoms with Gasteiger partial charge in [0.25, 0.3) is 11.2 Å². The van der Waals surface area contributed by atoms with Crippen molar-refractivity contribution in [2.45, 2.75) is 13.0 Å². The summed E-state index contributed by atoms with van der Waals surface area (Å²) in [7, 11) is 2.81. The van der Waals surface area contributed by atoms with Crippen LogP contribution in [0, 0.1) is 10.1 Å². The number of nitrogens with one attached hydrogen (secondary N) is 1. The Bertz CT molecular complexity index is 1270. The zero-order valence-electron chi connectivity index (χ0n) is 17.0. The van der Waals surface area contributed by atoms with Crippen molar-refractivity contribution in [2.75, 3.05) is 26.1 Å². The number of aromatic carboxylic acids is 1. The average Bonchev–Trinajstić information content (AvgIpc) is 3.19. The van der Waals surface area contributed by atoms with E-state index in [1.807, 2.05) is 0 Å². The quantitative estimate of drug-likeness (QED) is 0.357. The third-order valence-electron chi connectivity index (χ3n) is 4.51. The Hall–Kier alpha value is -3.84. The van der Waals surface area contributed by atoms with Gasteiger partial charge < -0.3 is 19.9 Å². The van der Waals surface area contributed by atoms with Crippen molar-refractivity contribution < 1.29 is 29.1 Å². The number of methoxy groups -OCH3 is 2. The van der Waals surface area contributed by atoms with Crippen molar-refractivity contribution in [3.05, 3.63) is 55.4 Å². The zero-order chi connectivity index (χ0) is 23.4. The molecule has 3 rings (SSSR count). The molecule has 1 amide bonds. The number of carboxylic acid groups (broad SMARTS) is 1. The maximum atomic E-state index is 13.1. The Balaban J connectivity index is 2.00. The number of nitro benzene ring substituents is 1. The topological polar surface area (TPSA) is 163 Å². The van der Waals surface area contributed by atoms with E-state index in [4.69, 9.17) is 9.47 Å². The van der Waals surface area contributed by atoms with Crippen LogP contribution in [0.3, 0.4) is 0 Å². The van der Waals surface area contributed by atoms with Gasteiger partial charge in [0, 0.05) is 18.9 Å². The number of thiophene rings is 1. The van der Waals surface area contributed by atoms with Crippen LogP contribution in [0.1, 0.15) is 16.2 Å². The van der Waals surface area contributed by atoms with Crippen molar-refractivity contribution in [1.82, 2.24) is 9.55 Å². The van der Waals surface area contributed by atoms with Gasteiger partial charge in [-0.25, -0.2) is 9.78 Å². The van der Waals surface area contributed by atoms with Crippen LogP contribution in [-0.4, -0.2) is 52.3 Å². The highest BCUT2D eigenvalue weighted by atomic mass is 32.1. The van der Waals surface area contributed by atoms with Gasteiger partial charge >= 0.3 is 5.97 Å². The summed E-state index contributed by atoms with van der Waals surface area (Å²) >= 11 is 1.01. The molecule has 13 heteroatoms. The first kappa shape index (κ1) is 22.8. The number of hydrogen-bond donors (Lipinski definition) is 2. The lowest BCUT2D eigenvalue weighted by molar-refractivity contribution is -0.384. The van der Waals surface area contributed by atoms with E-state index in [9.17, 15) is 29.6 Å². The molecule has 0 saturated carbocycles. The molecule has 12 nitrogen and oxygen atoms in total. The fourth-order valence-electron chi connectivity index (χ4n) is 3.00. The predicted octanol–water partition coefficient (Wildman–Crippen LogP) is 1.90. The summed E-state index contributed by atoms with van der Waals surface area (Å²) in [5, 5.41) is 24.3. The minimum absolute atomic E-state index is 0.0805. The second-order valence-electron chi connectivity index (χ2n) is 6.49. The lowest BCUT2D eigenvalue weighted by Crippen LogP contribution is -2.32. The smallest absolute Gasteiger partial charge is 0.337 e. The van der Waals surface area contributed by atoms with E-state index in [1.54, 1.807) is 0 Å². The van der Waals surface area contributed by atoms with Gasteiger partial charge in [-0.15, -0.1) is 11.3 Å². The molecule has 2 N–H and O–H groups in total. The SMILES string of the molecule is COCCc1nc2scc(C(=O)O)c2c(=O)n1CC(=O)Nc1ccc(OC)cc1[N+](=O)[O-]. The highest BCUT2D eigenvalue weighted by Crippen LogP contribution is 2.29. The van der Waals surface area contributed by atoms with Crippen molar-refractivity contribution in [2.24, 2.45) is 0 Å². The summed E-state index contributed by atoms with van der Waals surface area (Å²) < 4.78 is 11.0. The minimum atomic E-state index is -1.29. The predicted molar refractivity (Wildman–Crippen MR) is 115 cm³/mol. The monoisotopic (exact) mass is 462 g/mol. The molecule has 168 valence electrons. The van der Waals surface area contributed by atoms with Crippen molar-refractivity contribution in [3.8, 4) is 5.75 Å². The summed E-state index contributed by atoms with van der Waals surface area (Å²) in [6.45, 7) is -0.320. The fraction of sp³-hybridized carbons (Fsp3) is 0.263. The van der Waals surface area contributed by atoms with Crippen LogP contribution in [0.15, 0.2) is 28.4 Å². The number of rotatable bonds is 9. The first-order valence-electron chi connectivity index (χ1n) is 9.12. The molecule has 2 aromatic heterocycles. The maximum Gasteiger partial charge on any atom is 0.337 e. The molecule has 0 spiro atoms. The molecule has 0 fully saturated rings. The van der Waals surface area contributed by atoms with Gasteiger partial charge in [-0.05, 0) is 12.1 Å². The van der Waals surface area contributed by atoms with E-state index in [-0.39, 0.29) is 51.8 Å². The number of anilines is 1. The molecule has 1 aromatic carbocycles. The lowest BCUT2D eigenvalue weighted by atomic mass is 10.2. The van der Waals surface area contributed by atoms with Gasteiger partial charge in [0.15, 0.2) is 0 Å². The number of carboxylic acids is 1. The molecule has 0 aliphatic carbocycles. The number of aromatic nitrogens is 2. The summed E-state index contributed by atoms with van der Waals surface area (Å²) in [5.41, 5.74) is -1.37. The standard InChI is InChI=1S/C19H18N4O8S/c1-30-6-5-14-21-17-16(11(9-32-17)19(26)27)18(25)22(14)8-15(24)20-12-4-3-10(31-2)7-13(12)23(28)29/h3-4,7,9H,5-6,8H2,1-2H3,(H,20,24)(H,26,27). The number of carbonyl (C=O) groups excluding carboxylic acids is 1. The molecule has 0 radical (unpaired) electrons. The number of hydrogen-bond acceptors (Lipinski definition) is 9. The Morgan fingerprint density at radius 1 is 1.34 bits per heavy atom. The maximum absolute atomic E-state index is 13.1. The molecule has 0 atom stereocenters. The Labute approximate surface area is 184 Å². The van der Waals surface area contributed by atoms with Crippen molar-refractivity contribution in [1.29, 1.82) is 0 Å². The number of nitro groups is 1. The molecule has 3 aromatic rings. The molecule has 0 saturated heterocycles. The molecule has 0 bridgehead atoms. The molecule has 2 heterocycles. The largest absolute Gasteiger partial charge is 0.496 e. The van der Waals surface area contributed by atoms with Gasteiger partial charge in [-0.1, -0.05) is 0 Å². The van der Waals surface area contributed by atoms with Crippen LogP contribution in [0.25, 0.3) is 10.2 Å². The molecule has 32 heavy (non-hydrogen) atoms. The van der Waals surface area contributed by atoms with Gasteiger partial charge in [-0.2, -0.15) is 0 Å². The van der Waals surface area contributed by atoms with Gasteiger partial charge in [0.2, 0.25) is 5.91 Å². The van der Waals surface area contributed by atoms with Gasteiger partial charge in [-0.3, -0.25) is 24.3 Å². The lowest BCUT2D eigenvalue weighted by Gasteiger charge is -2.13. The van der Waals surface area contributed by atoms with Crippen LogP contribution in [-0.2, 0) is 22.5 Å². The van der Waals surface area contributed by atoms with E-state index in [2.05, 4.69) is 10.3 Å². The number of nitrogens with zero attached hydrogens (tertiary/aromatic N) is 3. The second kappa shape index (κ2) is 9.53. The Morgan fingerprint density at radius 2 is 2.09 bits per heavy atom. The first-order chi connectivity index (χ1) is 15.3. The molecule has 0 aliphatic heterocycles. The Morgan fingerprint density at radius 3 is 2.72 bits per heavy atom. The van der Waals surface area contributed by atoms with Gasteiger partial charge in [0.05, 0.1) is 35.7 Å². The zero-order valence-corrected chi connectivity index (χ0v) is 17.8. The number of carbonyl (C=O) groups is 2. The summed E-state index contributed by atoms with van der Waals surface area (Å²) in [4.78, 5) is 52.5. The highest BCUT2D eigenvalue weighted by Gasteiger charge is 2.22. The molecular formula is C19H18N4O8S. The number of fused-ring (bicyclic) bond motifs is 1. The van der Waals surface area contributed by atoms with E-state index in [1.165, 1.54) is 31.7 Å². The van der Waals surface area contributed by atoms with Crippen molar-refractivity contribution in [3.63, 3.8) is 0 Å². The summed E-state index contributed by atoms with van der Waals surface area (Å²) in [5.74, 6) is -1.56. The first-order valence-corrected chi connectivity index (χ1v) is 10.00. The van der Waals surface area contributed by atoms with Crippen LogP contribution in [0.5, 0.6) is 5.75 Å². The van der Waals surface area contributed by atoms with Crippen LogP contribution < -0.4 is 15.6 Å². The van der Waals surface area contributed by atoms with E-state index < -0.39 is 28.9 Å². The van der Waals surface area contributed by atoms with Crippen molar-refractivity contribution >= 4 is 44.8 Å². The van der Waals surface area contributed by atoms with E-state index >= 15 is 0 Å². The van der Waals surface area contributed by atoms with Crippen LogP contribution in [0.4, 0.5) is 11.4 Å². The van der Waals surface area contributed by atoms with Gasteiger partial charge in [0.1, 0.15) is 28.6 Å². The summed E-state index contributed by atoms with van der Waals surface area (Å²) in [6.07, 6.45) is 0.192. The molecule has 0 unspecified atom stereocenters. The van der Waals surface area contributed by atoms with E-state index in [0.29, 0.717) is 0 Å². The third kappa shape index (κ3) is 4.58. The van der Waals surface area contributed by atoms with Crippen LogP contribution >= 0.6 is 11.3 Å². The molecule has 0 aliphatic rings. The highest BCUT2D eigenvalue weighted by molar-refractivity contribution is 7.17. The van der Waals surface area contributed by atoms with E-state index in [0.717, 1.165) is 22.0 Å². The Kier molecular flexibility index (Phi) is 6.80. The number of ether oxygens (including phenoxy) is 2. The number of amides is 1. The minimum Gasteiger partial charge on any atom is -0.496 e. The molecular weight excluding hydrogens is 444 g/mol. The third-order valence-corrected chi connectivity index (χ3v) is 5.38. The van der Waals surface area contributed by atoms with Crippen LogP contribution in [0.2, 0.25) is 0 Å². The fourth-order valence-corrected chi connectivity index (χ4v) is 3.92. The second-order valence-corrected chi connectivity index (χ2v) is 7.34. The normalized spacial score (nSPS) is 10.8. The average molecular weight is 462 g/mol. The number of benzene rings is 1.